The summed E-state index contributed by atoms with van der Waals surface area (Å²) in [4.78, 5) is 44.6. The van der Waals surface area contributed by atoms with Crippen molar-refractivity contribution in [2.75, 3.05) is 4.90 Å². The van der Waals surface area contributed by atoms with Crippen molar-refractivity contribution >= 4 is 52.6 Å². The van der Waals surface area contributed by atoms with E-state index in [4.69, 9.17) is 28.5 Å². The maximum atomic E-state index is 14.0. The summed E-state index contributed by atoms with van der Waals surface area (Å²) in [6, 6.07) is 13.5. The van der Waals surface area contributed by atoms with Crippen LogP contribution < -0.4 is 10.2 Å². The molecule has 2 heterocycles. The molecule has 1 aliphatic carbocycles. The van der Waals surface area contributed by atoms with E-state index in [0.717, 1.165) is 5.56 Å². The number of imidazole rings is 1. The normalized spacial score (nSPS) is 19.5. The van der Waals surface area contributed by atoms with Crippen LogP contribution in [-0.4, -0.2) is 38.0 Å². The molecule has 2 aromatic carbocycles. The van der Waals surface area contributed by atoms with Crippen LogP contribution in [0.1, 0.15) is 41.4 Å². The molecule has 0 unspecified atom stereocenters. The number of benzene rings is 2. The number of amides is 2. The van der Waals surface area contributed by atoms with Gasteiger partial charge in [-0.25, -0.2) is 14.7 Å². The highest BCUT2D eigenvalue weighted by molar-refractivity contribution is 6.35. The number of fused-ring (bicyclic) bond motifs is 1. The number of carboxylic acid groups (broad SMARTS) is 1. The number of halogens is 2. The highest BCUT2D eigenvalue weighted by Gasteiger charge is 2.54. The van der Waals surface area contributed by atoms with E-state index in [1.165, 1.54) is 21.7 Å². The van der Waals surface area contributed by atoms with Gasteiger partial charge in [0.05, 0.1) is 23.5 Å². The molecule has 1 fully saturated rings. The monoisotopic (exact) mass is 523 g/mol. The Hall–Kier alpha value is -3.87. The number of rotatable bonds is 6. The molecule has 11 heteroatoms. The summed E-state index contributed by atoms with van der Waals surface area (Å²) in [5.74, 6) is -1.94. The second-order valence-corrected chi connectivity index (χ2v) is 10.0. The summed E-state index contributed by atoms with van der Waals surface area (Å²) in [6.07, 6.45) is 2.15. The third-order valence-electron chi connectivity index (χ3n) is 6.58. The Morgan fingerprint density at radius 3 is 2.36 bits per heavy atom. The fourth-order valence-electron chi connectivity index (χ4n) is 4.52. The second-order valence-electron chi connectivity index (χ2n) is 9.15. The van der Waals surface area contributed by atoms with Crippen molar-refractivity contribution in [1.29, 1.82) is 5.26 Å². The van der Waals surface area contributed by atoms with E-state index >= 15 is 0 Å². The smallest absolute Gasteiger partial charge is 0.329 e. The van der Waals surface area contributed by atoms with Crippen LogP contribution in [0.15, 0.2) is 48.7 Å². The van der Waals surface area contributed by atoms with Crippen LogP contribution >= 0.6 is 23.2 Å². The quantitative estimate of drug-likeness (QED) is 0.501. The standard InChI is InChI=1S/C25H19Cl2N5O4/c1-24(11-14-2-4-15(12-28)5-3-14)21(34)31(18-9-16(26)8-17(27)10-18)23-29-13-19(32(23)24)20(33)30-25(6-7-25)22(35)36/h2-5,8-10,13H,6-7,11H2,1H3,(H,30,33)(H,35,36)/t24-/m1/s1. The Morgan fingerprint density at radius 1 is 1.17 bits per heavy atom. The molecule has 5 rings (SSSR count). The number of carbonyl (C=O) groups is 3. The summed E-state index contributed by atoms with van der Waals surface area (Å²) in [6.45, 7) is 1.69. The molecular formula is C25H19Cl2N5O4. The van der Waals surface area contributed by atoms with Gasteiger partial charge in [-0.1, -0.05) is 35.3 Å². The van der Waals surface area contributed by atoms with Crippen molar-refractivity contribution in [2.45, 2.75) is 37.3 Å². The molecule has 0 spiro atoms. The Kier molecular flexibility index (Phi) is 5.54. The SMILES string of the molecule is C[C@@]1(Cc2ccc(C#N)cc2)C(=O)N(c2cc(Cl)cc(Cl)c2)c2ncc(C(=O)NC3(C(=O)O)CC3)n21. The molecule has 1 atom stereocenters. The predicted octanol–water partition coefficient (Wildman–Crippen LogP) is 4.04. The predicted molar refractivity (Wildman–Crippen MR) is 131 cm³/mol. The third kappa shape index (κ3) is 3.79. The van der Waals surface area contributed by atoms with Gasteiger partial charge in [0, 0.05) is 16.5 Å². The molecule has 1 saturated carbocycles. The van der Waals surface area contributed by atoms with Crippen LogP contribution in [0.3, 0.4) is 0 Å². The van der Waals surface area contributed by atoms with Gasteiger partial charge in [-0.3, -0.25) is 14.2 Å². The first kappa shape index (κ1) is 23.9. The summed E-state index contributed by atoms with van der Waals surface area (Å²) < 4.78 is 1.52. The zero-order valence-electron chi connectivity index (χ0n) is 19.0. The maximum absolute atomic E-state index is 14.0. The molecule has 36 heavy (non-hydrogen) atoms. The molecule has 2 N–H and O–H groups in total. The van der Waals surface area contributed by atoms with Crippen LogP contribution in [0, 0.1) is 11.3 Å². The largest absolute Gasteiger partial charge is 0.480 e. The number of nitrogens with one attached hydrogen (secondary N) is 1. The van der Waals surface area contributed by atoms with Crippen molar-refractivity contribution in [3.05, 3.63) is 75.5 Å². The molecule has 0 bridgehead atoms. The van der Waals surface area contributed by atoms with E-state index < -0.39 is 23.0 Å². The average molecular weight is 524 g/mol. The Bertz CT molecular complexity index is 1450. The summed E-state index contributed by atoms with van der Waals surface area (Å²) in [7, 11) is 0. The van der Waals surface area contributed by atoms with Gasteiger partial charge in [-0.05, 0) is 55.7 Å². The number of aromatic nitrogens is 2. The molecule has 0 saturated heterocycles. The number of hydrogen-bond donors (Lipinski definition) is 2. The summed E-state index contributed by atoms with van der Waals surface area (Å²) >= 11 is 12.4. The lowest BCUT2D eigenvalue weighted by Crippen LogP contribution is -2.46. The van der Waals surface area contributed by atoms with Crippen molar-refractivity contribution in [3.63, 3.8) is 0 Å². The minimum Gasteiger partial charge on any atom is -0.480 e. The van der Waals surface area contributed by atoms with Gasteiger partial charge < -0.3 is 10.4 Å². The number of hydrogen-bond acceptors (Lipinski definition) is 5. The molecule has 2 aliphatic rings. The Labute approximate surface area is 215 Å². The van der Waals surface area contributed by atoms with Gasteiger partial charge in [-0.2, -0.15) is 5.26 Å². The van der Waals surface area contributed by atoms with Crippen molar-refractivity contribution in [1.82, 2.24) is 14.9 Å². The molecule has 9 nitrogen and oxygen atoms in total. The number of nitrogens with zero attached hydrogens (tertiary/aromatic N) is 4. The number of anilines is 2. The number of carbonyl (C=O) groups excluding carboxylic acids is 2. The van der Waals surface area contributed by atoms with Crippen LogP contribution in [0.2, 0.25) is 10.0 Å². The van der Waals surface area contributed by atoms with Gasteiger partial charge in [0.15, 0.2) is 0 Å². The van der Waals surface area contributed by atoms with E-state index in [2.05, 4.69) is 16.4 Å². The minimum atomic E-state index is -1.31. The van der Waals surface area contributed by atoms with Crippen LogP contribution in [0.5, 0.6) is 0 Å². The highest BCUT2D eigenvalue weighted by Crippen LogP contribution is 2.44. The molecule has 3 aromatic rings. The van der Waals surface area contributed by atoms with Gasteiger partial charge in [0.1, 0.15) is 16.8 Å². The maximum Gasteiger partial charge on any atom is 0.329 e. The molecular weight excluding hydrogens is 505 g/mol. The molecule has 2 amide bonds. The van der Waals surface area contributed by atoms with Crippen molar-refractivity contribution in [3.8, 4) is 6.07 Å². The zero-order valence-corrected chi connectivity index (χ0v) is 20.5. The van der Waals surface area contributed by atoms with Crippen LogP contribution in [0.25, 0.3) is 0 Å². The van der Waals surface area contributed by atoms with Gasteiger partial charge in [0.2, 0.25) is 5.95 Å². The van der Waals surface area contributed by atoms with E-state index in [9.17, 15) is 19.5 Å². The first-order chi connectivity index (χ1) is 17.1. The van der Waals surface area contributed by atoms with Crippen molar-refractivity contribution in [2.24, 2.45) is 0 Å². The second kappa shape index (κ2) is 8.36. The van der Waals surface area contributed by atoms with E-state index in [0.29, 0.717) is 34.1 Å². The van der Waals surface area contributed by atoms with E-state index in [1.54, 1.807) is 43.3 Å². The van der Waals surface area contributed by atoms with Crippen molar-refractivity contribution < 1.29 is 19.5 Å². The fourth-order valence-corrected chi connectivity index (χ4v) is 5.04. The first-order valence-electron chi connectivity index (χ1n) is 11.0. The third-order valence-corrected chi connectivity index (χ3v) is 7.02. The molecule has 1 aliphatic heterocycles. The molecule has 182 valence electrons. The lowest BCUT2D eigenvalue weighted by Gasteiger charge is -2.27. The van der Waals surface area contributed by atoms with Gasteiger partial charge >= 0.3 is 5.97 Å². The lowest BCUT2D eigenvalue weighted by molar-refractivity contribution is -0.140. The van der Waals surface area contributed by atoms with E-state index in [1.807, 2.05) is 0 Å². The number of nitriles is 1. The molecule has 1 aromatic heterocycles. The number of carboxylic acids is 1. The van der Waals surface area contributed by atoms with Crippen LogP contribution in [-0.2, 0) is 21.5 Å². The first-order valence-corrected chi connectivity index (χ1v) is 11.8. The van der Waals surface area contributed by atoms with E-state index in [-0.39, 0.29) is 24.0 Å². The van der Waals surface area contributed by atoms with Crippen LogP contribution in [0.4, 0.5) is 11.6 Å². The summed E-state index contributed by atoms with van der Waals surface area (Å²) in [5.41, 5.74) is -0.952. The fraction of sp³-hybridized carbons (Fsp3) is 0.240. The topological polar surface area (TPSA) is 128 Å². The minimum absolute atomic E-state index is 0.0534. The Balaban J connectivity index is 1.62. The zero-order chi connectivity index (χ0) is 25.8. The molecule has 0 radical (unpaired) electrons. The lowest BCUT2D eigenvalue weighted by atomic mass is 9.91. The average Bonchev–Trinajstić information content (AvgIpc) is 3.42. The highest BCUT2D eigenvalue weighted by atomic mass is 35.5. The van der Waals surface area contributed by atoms with Gasteiger partial charge in [-0.15, -0.1) is 0 Å². The Morgan fingerprint density at radius 2 is 1.81 bits per heavy atom. The number of aliphatic carboxylic acids is 1. The van der Waals surface area contributed by atoms with Gasteiger partial charge in [0.25, 0.3) is 11.8 Å². The summed E-state index contributed by atoms with van der Waals surface area (Å²) in [5, 5.41) is 21.9.